The standard InChI is InChI=1S/C25H23N3O7/c29-23(28-19-9-10-33-22(19)24(30)31)21-20(35-13-27-21)11-26-25(32)34-12-18-16-7-3-1-5-14(16)15-6-2-4-8-17(15)18/h1-8,13,18-19,22H,9-12H2,(H,26,32)(H,28,29)(H,30,31). The molecule has 3 aromatic rings. The van der Waals surface area contributed by atoms with Crippen LogP contribution in [0.1, 0.15) is 39.7 Å². The predicted molar refractivity (Wildman–Crippen MR) is 122 cm³/mol. The maximum absolute atomic E-state index is 12.6. The molecule has 1 aromatic heterocycles. The van der Waals surface area contributed by atoms with Gasteiger partial charge in [-0.2, -0.15) is 0 Å². The first kappa shape index (κ1) is 22.6. The molecular weight excluding hydrogens is 454 g/mol. The summed E-state index contributed by atoms with van der Waals surface area (Å²) in [5.41, 5.74) is 4.43. The maximum Gasteiger partial charge on any atom is 0.407 e. The Morgan fingerprint density at radius 1 is 1.06 bits per heavy atom. The summed E-state index contributed by atoms with van der Waals surface area (Å²) in [5.74, 6) is -1.70. The Bertz CT molecular complexity index is 1230. The predicted octanol–water partition coefficient (Wildman–Crippen LogP) is 2.69. The second-order valence-corrected chi connectivity index (χ2v) is 8.30. The van der Waals surface area contributed by atoms with Crippen LogP contribution in [0.25, 0.3) is 11.1 Å². The quantitative estimate of drug-likeness (QED) is 0.472. The summed E-state index contributed by atoms with van der Waals surface area (Å²) in [5, 5.41) is 14.4. The number of carbonyl (C=O) groups excluding carboxylic acids is 2. The minimum absolute atomic E-state index is 0.0417. The molecule has 1 aliphatic carbocycles. The van der Waals surface area contributed by atoms with Gasteiger partial charge in [0.1, 0.15) is 6.61 Å². The lowest BCUT2D eigenvalue weighted by molar-refractivity contribution is -0.148. The van der Waals surface area contributed by atoms with Gasteiger partial charge < -0.3 is 29.6 Å². The Hall–Kier alpha value is -4.18. The number of aliphatic carboxylic acids is 1. The van der Waals surface area contributed by atoms with Gasteiger partial charge in [0, 0.05) is 12.5 Å². The van der Waals surface area contributed by atoms with E-state index in [0.717, 1.165) is 28.6 Å². The molecule has 2 atom stereocenters. The van der Waals surface area contributed by atoms with Gasteiger partial charge in [-0.3, -0.25) is 4.79 Å². The summed E-state index contributed by atoms with van der Waals surface area (Å²) in [6.45, 7) is 0.266. The second kappa shape index (κ2) is 9.59. The number of nitrogens with one attached hydrogen (secondary N) is 2. The van der Waals surface area contributed by atoms with E-state index in [4.69, 9.17) is 13.9 Å². The summed E-state index contributed by atoms with van der Waals surface area (Å²) < 4.78 is 15.9. The topological polar surface area (TPSA) is 140 Å². The molecule has 0 bridgehead atoms. The van der Waals surface area contributed by atoms with Crippen LogP contribution in [-0.2, 0) is 20.8 Å². The lowest BCUT2D eigenvalue weighted by atomic mass is 9.98. The van der Waals surface area contributed by atoms with E-state index in [-0.39, 0.29) is 37.1 Å². The van der Waals surface area contributed by atoms with Crippen molar-refractivity contribution in [2.45, 2.75) is 31.0 Å². The van der Waals surface area contributed by atoms with E-state index in [1.54, 1.807) is 0 Å². The van der Waals surface area contributed by atoms with E-state index in [2.05, 4.69) is 27.8 Å². The molecule has 2 heterocycles. The van der Waals surface area contributed by atoms with Crippen LogP contribution in [0.5, 0.6) is 0 Å². The van der Waals surface area contributed by atoms with Crippen molar-refractivity contribution < 1.29 is 33.4 Å². The molecule has 0 saturated carbocycles. The third kappa shape index (κ3) is 4.47. The lowest BCUT2D eigenvalue weighted by Crippen LogP contribution is -2.44. The second-order valence-electron chi connectivity index (χ2n) is 8.30. The molecule has 1 aliphatic heterocycles. The number of carboxylic acid groups (broad SMARTS) is 1. The van der Waals surface area contributed by atoms with Gasteiger partial charge in [-0.25, -0.2) is 14.6 Å². The van der Waals surface area contributed by atoms with Gasteiger partial charge in [0.2, 0.25) is 0 Å². The Morgan fingerprint density at radius 2 is 1.74 bits per heavy atom. The van der Waals surface area contributed by atoms with Gasteiger partial charge in [0.05, 0.1) is 12.6 Å². The number of hydrogen-bond donors (Lipinski definition) is 3. The highest BCUT2D eigenvalue weighted by atomic mass is 16.5. The number of ether oxygens (including phenoxy) is 2. The molecule has 10 heteroatoms. The number of rotatable bonds is 7. The van der Waals surface area contributed by atoms with Crippen molar-refractivity contribution in [2.75, 3.05) is 13.2 Å². The fourth-order valence-corrected chi connectivity index (χ4v) is 4.60. The summed E-state index contributed by atoms with van der Waals surface area (Å²) in [6.07, 6.45) is -0.324. The van der Waals surface area contributed by atoms with Gasteiger partial charge in [-0.05, 0) is 28.7 Å². The van der Waals surface area contributed by atoms with E-state index in [9.17, 15) is 19.5 Å². The van der Waals surface area contributed by atoms with E-state index < -0.39 is 30.1 Å². The van der Waals surface area contributed by atoms with Gasteiger partial charge >= 0.3 is 12.1 Å². The molecule has 2 unspecified atom stereocenters. The third-order valence-corrected chi connectivity index (χ3v) is 6.24. The first-order valence-electron chi connectivity index (χ1n) is 11.2. The maximum atomic E-state index is 12.6. The summed E-state index contributed by atoms with van der Waals surface area (Å²) in [6, 6.07) is 15.4. The molecule has 35 heavy (non-hydrogen) atoms. The molecule has 0 radical (unpaired) electrons. The number of carbonyl (C=O) groups is 3. The van der Waals surface area contributed by atoms with Crippen LogP contribution < -0.4 is 10.6 Å². The molecule has 1 saturated heterocycles. The third-order valence-electron chi connectivity index (χ3n) is 6.24. The number of nitrogens with zero attached hydrogens (tertiary/aromatic N) is 1. The molecule has 0 spiro atoms. The number of oxazole rings is 1. The average molecular weight is 477 g/mol. The number of amides is 2. The summed E-state index contributed by atoms with van der Waals surface area (Å²) in [7, 11) is 0. The van der Waals surface area contributed by atoms with E-state index in [1.807, 2.05) is 36.4 Å². The summed E-state index contributed by atoms with van der Waals surface area (Å²) >= 11 is 0. The highest BCUT2D eigenvalue weighted by molar-refractivity contribution is 5.94. The van der Waals surface area contributed by atoms with Gasteiger partial charge in [-0.1, -0.05) is 48.5 Å². The number of benzene rings is 2. The fourth-order valence-electron chi connectivity index (χ4n) is 4.60. The number of carboxylic acids is 1. The first-order valence-corrected chi connectivity index (χ1v) is 11.2. The van der Waals surface area contributed by atoms with Crippen LogP contribution in [0.15, 0.2) is 59.3 Å². The van der Waals surface area contributed by atoms with Crippen molar-refractivity contribution in [3.8, 4) is 11.1 Å². The van der Waals surface area contributed by atoms with E-state index in [0.29, 0.717) is 6.42 Å². The van der Waals surface area contributed by atoms with E-state index >= 15 is 0 Å². The highest BCUT2D eigenvalue weighted by Gasteiger charge is 2.36. The fraction of sp³-hybridized carbons (Fsp3) is 0.280. The molecule has 180 valence electrons. The van der Waals surface area contributed by atoms with Crippen molar-refractivity contribution in [1.82, 2.24) is 15.6 Å². The Labute approximate surface area is 200 Å². The zero-order chi connectivity index (χ0) is 24.4. The first-order chi connectivity index (χ1) is 17.0. The Morgan fingerprint density at radius 3 is 2.43 bits per heavy atom. The molecule has 3 N–H and O–H groups in total. The minimum atomic E-state index is -1.15. The van der Waals surface area contributed by atoms with Gasteiger partial charge in [0.15, 0.2) is 24.0 Å². The lowest BCUT2D eigenvalue weighted by Gasteiger charge is -2.16. The monoisotopic (exact) mass is 477 g/mol. The van der Waals surface area contributed by atoms with Crippen molar-refractivity contribution in [3.63, 3.8) is 0 Å². The molecule has 2 amide bonds. The molecular formula is C25H23N3O7. The SMILES string of the molecule is O=C(NCc1ocnc1C(=O)NC1CCOC1C(=O)O)OCC1c2ccccc2-c2ccccc21. The number of alkyl carbamates (subject to hydrolysis) is 1. The van der Waals surface area contributed by atoms with Crippen molar-refractivity contribution in [3.05, 3.63) is 77.5 Å². The van der Waals surface area contributed by atoms with E-state index in [1.165, 1.54) is 0 Å². The minimum Gasteiger partial charge on any atom is -0.479 e. The molecule has 5 rings (SSSR count). The molecule has 10 nitrogen and oxygen atoms in total. The van der Waals surface area contributed by atoms with Gasteiger partial charge in [-0.15, -0.1) is 0 Å². The van der Waals surface area contributed by atoms with Crippen LogP contribution >= 0.6 is 0 Å². The van der Waals surface area contributed by atoms with Crippen LogP contribution in [0, 0.1) is 0 Å². The normalized spacial score (nSPS) is 18.5. The van der Waals surface area contributed by atoms with Crippen LogP contribution in [0.2, 0.25) is 0 Å². The van der Waals surface area contributed by atoms with Crippen LogP contribution in [0.4, 0.5) is 4.79 Å². The van der Waals surface area contributed by atoms with Crippen LogP contribution in [-0.4, -0.2) is 53.4 Å². The Kier molecular flexibility index (Phi) is 6.19. The zero-order valence-corrected chi connectivity index (χ0v) is 18.6. The smallest absolute Gasteiger partial charge is 0.407 e. The zero-order valence-electron chi connectivity index (χ0n) is 18.6. The number of aromatic nitrogens is 1. The summed E-state index contributed by atoms with van der Waals surface area (Å²) in [4.78, 5) is 40.2. The van der Waals surface area contributed by atoms with Gasteiger partial charge in [0.25, 0.3) is 5.91 Å². The van der Waals surface area contributed by atoms with Crippen molar-refractivity contribution >= 4 is 18.0 Å². The molecule has 2 aliphatic rings. The average Bonchev–Trinajstić information content (AvgIpc) is 3.59. The largest absolute Gasteiger partial charge is 0.479 e. The van der Waals surface area contributed by atoms with Crippen molar-refractivity contribution in [2.24, 2.45) is 0 Å². The number of fused-ring (bicyclic) bond motifs is 3. The molecule has 1 fully saturated rings. The van der Waals surface area contributed by atoms with Crippen molar-refractivity contribution in [1.29, 1.82) is 0 Å². The Balaban J connectivity index is 1.18. The molecule has 2 aromatic carbocycles. The van der Waals surface area contributed by atoms with Crippen LogP contribution in [0.3, 0.4) is 0 Å². The number of hydrogen-bond acceptors (Lipinski definition) is 7. The highest BCUT2D eigenvalue weighted by Crippen LogP contribution is 2.44.